The van der Waals surface area contributed by atoms with Gasteiger partial charge in [-0.05, 0) is 61.7 Å². The van der Waals surface area contributed by atoms with Crippen LogP contribution in [0.25, 0.3) is 44.1 Å². The summed E-state index contributed by atoms with van der Waals surface area (Å²) in [4.78, 5) is 3.94. The van der Waals surface area contributed by atoms with Crippen LogP contribution in [0.4, 0.5) is 0 Å². The molecular weight excluding hydrogens is 494 g/mol. The highest BCUT2D eigenvalue weighted by Gasteiger charge is 2.47. The van der Waals surface area contributed by atoms with Crippen LogP contribution in [-0.4, -0.2) is 4.98 Å². The van der Waals surface area contributed by atoms with Gasteiger partial charge in [-0.25, -0.2) is 0 Å². The summed E-state index contributed by atoms with van der Waals surface area (Å²) < 4.78 is 0. The van der Waals surface area contributed by atoms with Gasteiger partial charge in [0, 0.05) is 21.7 Å². The second-order valence-corrected chi connectivity index (χ2v) is 12.1. The predicted molar refractivity (Wildman–Crippen MR) is 171 cm³/mol. The molecule has 0 atom stereocenters. The van der Waals surface area contributed by atoms with Crippen molar-refractivity contribution in [3.8, 4) is 22.3 Å². The number of aromatic nitrogens is 1. The van der Waals surface area contributed by atoms with Gasteiger partial charge in [-0.15, -0.1) is 0 Å². The van der Waals surface area contributed by atoms with Crippen LogP contribution in [0.3, 0.4) is 0 Å². The van der Waals surface area contributed by atoms with Crippen molar-refractivity contribution in [2.24, 2.45) is 0 Å². The quantitative estimate of drug-likeness (QED) is 0.232. The van der Waals surface area contributed by atoms with Gasteiger partial charge in [0.25, 0.3) is 0 Å². The lowest BCUT2D eigenvalue weighted by Gasteiger charge is -2.33. The monoisotopic (exact) mass is 523 g/mol. The fourth-order valence-electron chi connectivity index (χ4n) is 8.26. The molecule has 1 N–H and O–H groups in total. The van der Waals surface area contributed by atoms with Crippen LogP contribution >= 0.6 is 0 Å². The Balaban J connectivity index is 1.44. The van der Waals surface area contributed by atoms with Gasteiger partial charge in [0.1, 0.15) is 0 Å². The summed E-state index contributed by atoms with van der Waals surface area (Å²) in [6, 6.07) is 49.5. The molecule has 6 aromatic carbocycles. The van der Waals surface area contributed by atoms with Crippen molar-refractivity contribution in [3.05, 3.63) is 167 Å². The molecule has 0 bridgehead atoms. The molecule has 0 amide bonds. The minimum absolute atomic E-state index is 0.0781. The highest BCUT2D eigenvalue weighted by Crippen LogP contribution is 2.59. The van der Waals surface area contributed by atoms with Crippen LogP contribution in [0, 0.1) is 0 Å². The largest absolute Gasteiger partial charge is 0.354 e. The number of rotatable bonds is 2. The predicted octanol–water partition coefficient (Wildman–Crippen LogP) is 9.99. The summed E-state index contributed by atoms with van der Waals surface area (Å²) in [7, 11) is 0. The first-order valence-electron chi connectivity index (χ1n) is 14.5. The minimum Gasteiger partial charge on any atom is -0.354 e. The van der Waals surface area contributed by atoms with Crippen molar-refractivity contribution in [2.45, 2.75) is 24.7 Å². The summed E-state index contributed by atoms with van der Waals surface area (Å²) in [6.45, 7) is 4.75. The van der Waals surface area contributed by atoms with E-state index in [1.807, 2.05) is 0 Å². The van der Waals surface area contributed by atoms with Crippen LogP contribution in [-0.2, 0) is 10.8 Å². The van der Waals surface area contributed by atoms with Gasteiger partial charge in [0.05, 0.1) is 10.9 Å². The van der Waals surface area contributed by atoms with Gasteiger partial charge in [-0.2, -0.15) is 0 Å². The summed E-state index contributed by atoms with van der Waals surface area (Å²) in [5.41, 5.74) is 15.5. The normalized spacial score (nSPS) is 15.5. The molecule has 2 aliphatic rings. The fraction of sp³-hybridized carbons (Fsp3) is 0.100. The number of H-pyrrole nitrogens is 1. The average molecular weight is 524 g/mol. The molecule has 0 fully saturated rings. The number of hydrogen-bond donors (Lipinski definition) is 1. The molecule has 9 rings (SSSR count). The molecule has 41 heavy (non-hydrogen) atoms. The van der Waals surface area contributed by atoms with Gasteiger partial charge in [-0.1, -0.05) is 141 Å². The first-order chi connectivity index (χ1) is 20.1. The van der Waals surface area contributed by atoms with Gasteiger partial charge >= 0.3 is 0 Å². The van der Waals surface area contributed by atoms with E-state index < -0.39 is 5.41 Å². The Morgan fingerprint density at radius 2 is 1.10 bits per heavy atom. The number of fused-ring (bicyclic) bond motifs is 11. The molecule has 1 nitrogen and oxygen atoms in total. The standard InChI is InChI=1S/C40H29N/c1-39(2)31-19-11-9-17-27(31)28-21-22-30-36-34(41-38(30)37(28)39)24-23-33-35(36)29-18-10-12-20-32(29)40(33,25-13-5-3-6-14-25)26-15-7-4-8-16-26/h3-24,41H,1-2H3. The Hall–Kier alpha value is -4.88. The maximum Gasteiger partial charge on any atom is 0.0713 e. The van der Waals surface area contributed by atoms with Gasteiger partial charge in [-0.3, -0.25) is 0 Å². The highest BCUT2D eigenvalue weighted by molar-refractivity contribution is 6.19. The molecule has 1 heteroatoms. The van der Waals surface area contributed by atoms with Crippen LogP contribution < -0.4 is 0 Å². The molecule has 194 valence electrons. The first-order valence-corrected chi connectivity index (χ1v) is 14.5. The third-order valence-corrected chi connectivity index (χ3v) is 9.87. The number of aromatic amines is 1. The van der Waals surface area contributed by atoms with Gasteiger partial charge in [0.15, 0.2) is 0 Å². The molecule has 0 saturated heterocycles. The number of nitrogens with one attached hydrogen (secondary N) is 1. The van der Waals surface area contributed by atoms with E-state index in [0.29, 0.717) is 0 Å². The van der Waals surface area contributed by atoms with E-state index in [2.05, 4.69) is 152 Å². The van der Waals surface area contributed by atoms with Crippen LogP contribution in [0.1, 0.15) is 47.2 Å². The molecule has 0 aliphatic heterocycles. The zero-order valence-electron chi connectivity index (χ0n) is 23.2. The lowest BCUT2D eigenvalue weighted by atomic mass is 9.67. The molecule has 2 aliphatic carbocycles. The SMILES string of the molecule is CC1(C)c2ccccc2-c2ccc3c([nH]c4ccc5c(c43)-c3ccccc3C5(c3ccccc3)c3ccccc3)c21. The van der Waals surface area contributed by atoms with E-state index in [9.17, 15) is 0 Å². The Morgan fingerprint density at radius 3 is 1.80 bits per heavy atom. The molecule has 0 saturated carbocycles. The zero-order valence-corrected chi connectivity index (χ0v) is 23.2. The highest BCUT2D eigenvalue weighted by atomic mass is 14.7. The maximum atomic E-state index is 3.94. The Bertz CT molecular complexity index is 2120. The molecule has 0 unspecified atom stereocenters. The van der Waals surface area contributed by atoms with E-state index in [1.54, 1.807) is 0 Å². The molecule has 1 heterocycles. The first kappa shape index (κ1) is 22.9. The molecule has 7 aromatic rings. The van der Waals surface area contributed by atoms with E-state index in [1.165, 1.54) is 77.4 Å². The lowest BCUT2D eigenvalue weighted by Crippen LogP contribution is -2.28. The zero-order chi connectivity index (χ0) is 27.3. The number of benzene rings is 6. The minimum atomic E-state index is -0.390. The second-order valence-electron chi connectivity index (χ2n) is 12.1. The third kappa shape index (κ3) is 2.71. The molecule has 0 radical (unpaired) electrons. The second kappa shape index (κ2) is 7.86. The van der Waals surface area contributed by atoms with Crippen molar-refractivity contribution in [3.63, 3.8) is 0 Å². The Kier molecular flexibility index (Phi) is 4.39. The number of hydrogen-bond acceptors (Lipinski definition) is 0. The van der Waals surface area contributed by atoms with Crippen LogP contribution in [0.2, 0.25) is 0 Å². The maximum absolute atomic E-state index is 3.94. The van der Waals surface area contributed by atoms with E-state index in [0.717, 1.165) is 0 Å². The molecule has 1 aromatic heterocycles. The van der Waals surface area contributed by atoms with Crippen LogP contribution in [0.15, 0.2) is 133 Å². The van der Waals surface area contributed by atoms with Crippen molar-refractivity contribution >= 4 is 21.8 Å². The summed E-state index contributed by atoms with van der Waals surface area (Å²) in [6.07, 6.45) is 0. The average Bonchev–Trinajstić information content (AvgIpc) is 3.62. The smallest absolute Gasteiger partial charge is 0.0713 e. The van der Waals surface area contributed by atoms with E-state index >= 15 is 0 Å². The Morgan fingerprint density at radius 1 is 0.488 bits per heavy atom. The van der Waals surface area contributed by atoms with Crippen LogP contribution in [0.5, 0.6) is 0 Å². The van der Waals surface area contributed by atoms with E-state index in [-0.39, 0.29) is 5.41 Å². The Labute approximate surface area is 240 Å². The van der Waals surface area contributed by atoms with Gasteiger partial charge < -0.3 is 4.98 Å². The summed E-state index contributed by atoms with van der Waals surface area (Å²) in [5.74, 6) is 0. The van der Waals surface area contributed by atoms with Crippen molar-refractivity contribution < 1.29 is 0 Å². The molecule has 0 spiro atoms. The van der Waals surface area contributed by atoms with Crippen molar-refractivity contribution in [1.29, 1.82) is 0 Å². The summed E-state index contributed by atoms with van der Waals surface area (Å²) in [5, 5.41) is 2.64. The summed E-state index contributed by atoms with van der Waals surface area (Å²) >= 11 is 0. The van der Waals surface area contributed by atoms with Crippen molar-refractivity contribution in [2.75, 3.05) is 0 Å². The fourth-order valence-corrected chi connectivity index (χ4v) is 8.26. The lowest BCUT2D eigenvalue weighted by molar-refractivity contribution is 0.665. The van der Waals surface area contributed by atoms with Gasteiger partial charge in [0.2, 0.25) is 0 Å². The molecular formula is C40H29N. The van der Waals surface area contributed by atoms with E-state index in [4.69, 9.17) is 0 Å². The van der Waals surface area contributed by atoms with Crippen molar-refractivity contribution in [1.82, 2.24) is 4.98 Å². The third-order valence-electron chi connectivity index (χ3n) is 9.87. The topological polar surface area (TPSA) is 15.8 Å².